The molecule has 0 atom stereocenters. The Morgan fingerprint density at radius 3 is 2.48 bits per heavy atom. The summed E-state index contributed by atoms with van der Waals surface area (Å²) in [6.07, 6.45) is 1.49. The Balaban J connectivity index is 2.01. The molecule has 0 unspecified atom stereocenters. The molecule has 1 fully saturated rings. The third-order valence-corrected chi connectivity index (χ3v) is 4.06. The predicted octanol–water partition coefficient (Wildman–Crippen LogP) is 4.02. The number of piperidine rings is 1. The van der Waals surface area contributed by atoms with Crippen molar-refractivity contribution in [2.75, 3.05) is 13.1 Å². The fourth-order valence-corrected chi connectivity index (χ4v) is 2.67. The van der Waals surface area contributed by atoms with Crippen molar-refractivity contribution in [2.45, 2.75) is 51.6 Å². The number of nitrogens with zero attached hydrogens (tertiary/aromatic N) is 2. The third-order valence-electron chi connectivity index (χ3n) is 3.85. The quantitative estimate of drug-likeness (QED) is 0.736. The van der Waals surface area contributed by atoms with Gasteiger partial charge in [0.1, 0.15) is 10.8 Å². The zero-order valence-electron chi connectivity index (χ0n) is 13.1. The molecule has 1 amide bonds. The van der Waals surface area contributed by atoms with Crippen molar-refractivity contribution in [3.63, 3.8) is 0 Å². The largest absolute Gasteiger partial charge is 0.444 e. The summed E-state index contributed by atoms with van der Waals surface area (Å²) in [5, 5.41) is 0.517. The number of rotatable bonds is 1. The first kappa shape index (κ1) is 16.1. The van der Waals surface area contributed by atoms with Crippen LogP contribution in [0.25, 0.3) is 0 Å². The number of likely N-dealkylation sites (tertiary alicyclic amines) is 1. The number of aromatic nitrogens is 1. The Bertz CT molecular complexity index is 517. The lowest BCUT2D eigenvalue weighted by molar-refractivity contribution is 0.0170. The molecule has 116 valence electrons. The molecule has 1 aromatic heterocycles. The van der Waals surface area contributed by atoms with Gasteiger partial charge >= 0.3 is 6.09 Å². The molecule has 1 aromatic rings. The molecular formula is C16H23ClN2O2. The smallest absolute Gasteiger partial charge is 0.410 e. The highest BCUT2D eigenvalue weighted by Crippen LogP contribution is 2.34. The Hall–Kier alpha value is -1.29. The molecule has 5 heteroatoms. The number of carbonyl (C=O) groups is 1. The average molecular weight is 311 g/mol. The van der Waals surface area contributed by atoms with Crippen LogP contribution in [0.2, 0.25) is 5.15 Å². The van der Waals surface area contributed by atoms with Crippen LogP contribution in [0.15, 0.2) is 18.2 Å². The van der Waals surface area contributed by atoms with Crippen LogP contribution in [0, 0.1) is 0 Å². The van der Waals surface area contributed by atoms with Crippen LogP contribution in [-0.2, 0) is 10.2 Å². The van der Waals surface area contributed by atoms with Crippen LogP contribution >= 0.6 is 11.6 Å². The second-order valence-electron chi connectivity index (χ2n) is 6.87. The lowest BCUT2D eigenvalue weighted by atomic mass is 9.77. The van der Waals surface area contributed by atoms with Gasteiger partial charge in [-0.3, -0.25) is 0 Å². The molecule has 2 rings (SSSR count). The highest BCUT2D eigenvalue weighted by molar-refractivity contribution is 6.29. The van der Waals surface area contributed by atoms with Gasteiger partial charge in [0.15, 0.2) is 0 Å². The predicted molar refractivity (Wildman–Crippen MR) is 83.6 cm³/mol. The van der Waals surface area contributed by atoms with Crippen LogP contribution < -0.4 is 0 Å². The van der Waals surface area contributed by atoms with Gasteiger partial charge in [-0.25, -0.2) is 9.78 Å². The van der Waals surface area contributed by atoms with E-state index in [4.69, 9.17) is 16.3 Å². The molecule has 1 aliphatic rings. The number of hydrogen-bond donors (Lipinski definition) is 0. The van der Waals surface area contributed by atoms with E-state index in [1.807, 2.05) is 32.9 Å². The van der Waals surface area contributed by atoms with E-state index in [0.29, 0.717) is 18.2 Å². The van der Waals surface area contributed by atoms with Crippen molar-refractivity contribution < 1.29 is 9.53 Å². The second-order valence-corrected chi connectivity index (χ2v) is 7.26. The van der Waals surface area contributed by atoms with Gasteiger partial charge in [0.05, 0.1) is 0 Å². The highest BCUT2D eigenvalue weighted by Gasteiger charge is 2.35. The molecule has 4 nitrogen and oxygen atoms in total. The molecule has 0 spiro atoms. The maximum atomic E-state index is 12.1. The Kier molecular flexibility index (Phi) is 4.47. The highest BCUT2D eigenvalue weighted by atomic mass is 35.5. The van der Waals surface area contributed by atoms with Gasteiger partial charge in [0.2, 0.25) is 0 Å². The van der Waals surface area contributed by atoms with E-state index in [0.717, 1.165) is 18.5 Å². The van der Waals surface area contributed by atoms with Crippen molar-refractivity contribution in [1.29, 1.82) is 0 Å². The van der Waals surface area contributed by atoms with E-state index in [1.165, 1.54) is 0 Å². The first-order chi connectivity index (χ1) is 9.70. The van der Waals surface area contributed by atoms with Gasteiger partial charge in [-0.05, 0) is 45.7 Å². The summed E-state index contributed by atoms with van der Waals surface area (Å²) in [6.45, 7) is 9.19. The summed E-state index contributed by atoms with van der Waals surface area (Å²) in [5.74, 6) is 0. The molecule has 1 saturated heterocycles. The monoisotopic (exact) mass is 310 g/mol. The fourth-order valence-electron chi connectivity index (χ4n) is 2.51. The normalized spacial score (nSPS) is 18.4. The summed E-state index contributed by atoms with van der Waals surface area (Å²) in [4.78, 5) is 18.3. The van der Waals surface area contributed by atoms with Crippen molar-refractivity contribution in [2.24, 2.45) is 0 Å². The fraction of sp³-hybridized carbons (Fsp3) is 0.625. The lowest BCUT2D eigenvalue weighted by Gasteiger charge is -2.39. The van der Waals surface area contributed by atoms with E-state index < -0.39 is 5.60 Å². The summed E-state index contributed by atoms with van der Waals surface area (Å²) >= 11 is 5.98. The molecule has 21 heavy (non-hydrogen) atoms. The Labute approximate surface area is 131 Å². The molecule has 2 heterocycles. The van der Waals surface area contributed by atoms with Crippen LogP contribution in [0.5, 0.6) is 0 Å². The van der Waals surface area contributed by atoms with Gasteiger partial charge in [-0.2, -0.15) is 0 Å². The van der Waals surface area contributed by atoms with Gasteiger partial charge in [-0.15, -0.1) is 0 Å². The maximum absolute atomic E-state index is 12.1. The minimum atomic E-state index is -0.452. The number of halogens is 1. The first-order valence-electron chi connectivity index (χ1n) is 7.31. The van der Waals surface area contributed by atoms with Crippen LogP contribution in [0.1, 0.15) is 46.2 Å². The molecule has 0 saturated carbocycles. The van der Waals surface area contributed by atoms with E-state index in [2.05, 4.69) is 11.9 Å². The molecule has 0 bridgehead atoms. The molecule has 0 aromatic carbocycles. The summed E-state index contributed by atoms with van der Waals surface area (Å²) < 4.78 is 5.42. The average Bonchev–Trinajstić information content (AvgIpc) is 2.37. The minimum absolute atomic E-state index is 0.0383. The molecule has 1 aliphatic heterocycles. The Morgan fingerprint density at radius 2 is 1.95 bits per heavy atom. The molecule has 0 radical (unpaired) electrons. The standard InChI is InChI=1S/C16H23ClN2O2/c1-15(2,3)21-14(20)19-10-8-16(4,9-11-19)12-6-5-7-13(17)18-12/h5-7H,8-11H2,1-4H3. The topological polar surface area (TPSA) is 42.4 Å². The minimum Gasteiger partial charge on any atom is -0.444 e. The lowest BCUT2D eigenvalue weighted by Crippen LogP contribution is -2.46. The Morgan fingerprint density at radius 1 is 1.33 bits per heavy atom. The number of hydrogen-bond acceptors (Lipinski definition) is 3. The molecule has 0 N–H and O–H groups in total. The zero-order chi connectivity index (χ0) is 15.7. The zero-order valence-corrected chi connectivity index (χ0v) is 13.9. The number of amides is 1. The van der Waals surface area contributed by atoms with E-state index in [9.17, 15) is 4.79 Å². The van der Waals surface area contributed by atoms with E-state index in [-0.39, 0.29) is 11.5 Å². The van der Waals surface area contributed by atoms with Gasteiger partial charge in [0.25, 0.3) is 0 Å². The number of carbonyl (C=O) groups excluding carboxylic acids is 1. The van der Waals surface area contributed by atoms with Crippen molar-refractivity contribution in [3.8, 4) is 0 Å². The summed E-state index contributed by atoms with van der Waals surface area (Å²) in [5.41, 5.74) is 0.509. The van der Waals surface area contributed by atoms with Crippen molar-refractivity contribution in [3.05, 3.63) is 29.0 Å². The van der Waals surface area contributed by atoms with Crippen LogP contribution in [0.3, 0.4) is 0 Å². The molecule has 0 aliphatic carbocycles. The summed E-state index contributed by atoms with van der Waals surface area (Å²) in [7, 11) is 0. The number of ether oxygens (including phenoxy) is 1. The molecular weight excluding hydrogens is 288 g/mol. The van der Waals surface area contributed by atoms with Crippen molar-refractivity contribution in [1.82, 2.24) is 9.88 Å². The SMILES string of the molecule is CC(C)(C)OC(=O)N1CCC(C)(c2cccc(Cl)n2)CC1. The van der Waals surface area contributed by atoms with Crippen LogP contribution in [0.4, 0.5) is 4.79 Å². The second kappa shape index (κ2) is 5.84. The van der Waals surface area contributed by atoms with Gasteiger partial charge in [0, 0.05) is 24.2 Å². The summed E-state index contributed by atoms with van der Waals surface area (Å²) in [6, 6.07) is 5.72. The van der Waals surface area contributed by atoms with E-state index >= 15 is 0 Å². The van der Waals surface area contributed by atoms with Gasteiger partial charge in [-0.1, -0.05) is 24.6 Å². The van der Waals surface area contributed by atoms with Crippen LogP contribution in [-0.4, -0.2) is 34.7 Å². The maximum Gasteiger partial charge on any atom is 0.410 e. The van der Waals surface area contributed by atoms with Gasteiger partial charge < -0.3 is 9.64 Å². The van der Waals surface area contributed by atoms with E-state index in [1.54, 1.807) is 11.0 Å². The third kappa shape index (κ3) is 4.10. The number of pyridine rings is 1. The first-order valence-corrected chi connectivity index (χ1v) is 7.68. The van der Waals surface area contributed by atoms with Crippen molar-refractivity contribution >= 4 is 17.7 Å².